The first-order valence-electron chi connectivity index (χ1n) is 12.7. The second-order valence-electron chi connectivity index (χ2n) is 9.67. The number of rotatable bonds is 9. The van der Waals surface area contributed by atoms with E-state index in [1.165, 1.54) is 19.2 Å². The van der Waals surface area contributed by atoms with Gasteiger partial charge in [0.25, 0.3) is 5.92 Å². The summed E-state index contributed by atoms with van der Waals surface area (Å²) < 4.78 is 38.9. The van der Waals surface area contributed by atoms with E-state index in [-0.39, 0.29) is 30.0 Å². The number of ether oxygens (including phenoxy) is 2. The highest BCUT2D eigenvalue weighted by Crippen LogP contribution is 2.39. The van der Waals surface area contributed by atoms with Crippen LogP contribution in [0.3, 0.4) is 0 Å². The molecule has 1 aromatic heterocycles. The number of carbonyl (C=O) groups excluding carboxylic acids is 1. The summed E-state index contributed by atoms with van der Waals surface area (Å²) in [5.74, 6) is -1.26. The van der Waals surface area contributed by atoms with Crippen molar-refractivity contribution in [3.8, 4) is 5.75 Å². The molecule has 10 heteroatoms. The Labute approximate surface area is 221 Å². The van der Waals surface area contributed by atoms with E-state index in [0.29, 0.717) is 35.8 Å². The van der Waals surface area contributed by atoms with Crippen LogP contribution in [0.5, 0.6) is 5.75 Å². The Balaban J connectivity index is 1.64. The number of nitrogens with one attached hydrogen (secondary N) is 1. The first-order valence-corrected chi connectivity index (χ1v) is 12.7. The Kier molecular flexibility index (Phi) is 8.42. The number of halogens is 2. The molecule has 1 aliphatic heterocycles. The number of aryl methyl sites for hydroxylation is 1. The van der Waals surface area contributed by atoms with Crippen LogP contribution in [0.4, 0.5) is 14.6 Å². The lowest BCUT2D eigenvalue weighted by atomic mass is 9.88. The highest BCUT2D eigenvalue weighted by Gasteiger charge is 2.31. The fourth-order valence-corrected chi connectivity index (χ4v) is 4.97. The van der Waals surface area contributed by atoms with Crippen LogP contribution >= 0.6 is 0 Å². The molecule has 38 heavy (non-hydrogen) atoms. The molecule has 0 radical (unpaired) electrons. The largest absolute Gasteiger partial charge is 0.496 e. The number of nitrogens with zero attached hydrogens (tertiary/aromatic N) is 3. The molecule has 0 bridgehead atoms. The molecular weight excluding hydrogens is 494 g/mol. The summed E-state index contributed by atoms with van der Waals surface area (Å²) in [4.78, 5) is 23.3. The fraction of sp³-hybridized carbons (Fsp3) is 0.464. The van der Waals surface area contributed by atoms with E-state index in [1.807, 2.05) is 24.0 Å². The molecule has 0 aliphatic carbocycles. The van der Waals surface area contributed by atoms with Gasteiger partial charge in [-0.15, -0.1) is 0 Å². The number of methoxy groups -OCH3 is 2. The number of carbonyl (C=O) groups is 1. The van der Waals surface area contributed by atoms with Gasteiger partial charge in [0.1, 0.15) is 30.6 Å². The van der Waals surface area contributed by atoms with E-state index in [0.717, 1.165) is 29.5 Å². The number of alkyl halides is 2. The minimum atomic E-state index is -3.32. The van der Waals surface area contributed by atoms with Crippen LogP contribution in [0.2, 0.25) is 0 Å². The van der Waals surface area contributed by atoms with Gasteiger partial charge >= 0.3 is 0 Å². The molecule has 0 unspecified atom stereocenters. The van der Waals surface area contributed by atoms with Gasteiger partial charge in [-0.3, -0.25) is 4.79 Å². The van der Waals surface area contributed by atoms with E-state index in [4.69, 9.17) is 14.6 Å². The van der Waals surface area contributed by atoms with Gasteiger partial charge in [-0.1, -0.05) is 18.2 Å². The van der Waals surface area contributed by atoms with E-state index in [9.17, 15) is 13.6 Å². The number of piperidine rings is 1. The molecule has 0 saturated carbocycles. The number of amides is 1. The number of fused-ring (bicyclic) bond motifs is 1. The van der Waals surface area contributed by atoms with Gasteiger partial charge < -0.3 is 24.8 Å². The van der Waals surface area contributed by atoms with Gasteiger partial charge in [0, 0.05) is 43.3 Å². The molecule has 8 nitrogen and oxygen atoms in total. The Morgan fingerprint density at radius 1 is 1.21 bits per heavy atom. The fourth-order valence-electron chi connectivity index (χ4n) is 4.97. The molecule has 204 valence electrons. The van der Waals surface area contributed by atoms with Gasteiger partial charge in [-0.2, -0.15) is 8.78 Å². The molecule has 1 fully saturated rings. The second-order valence-corrected chi connectivity index (χ2v) is 9.67. The summed E-state index contributed by atoms with van der Waals surface area (Å²) in [5, 5.41) is 13.3. The third-order valence-electron chi connectivity index (χ3n) is 7.08. The third kappa shape index (κ3) is 5.86. The zero-order valence-electron chi connectivity index (χ0n) is 22.1. The van der Waals surface area contributed by atoms with Crippen LogP contribution in [0, 0.1) is 6.92 Å². The summed E-state index contributed by atoms with van der Waals surface area (Å²) in [6, 6.07) is 9.62. The topological polar surface area (TPSA) is 96.8 Å². The Morgan fingerprint density at radius 2 is 1.95 bits per heavy atom. The lowest BCUT2D eigenvalue weighted by Gasteiger charge is -2.33. The number of aliphatic hydroxyl groups is 1. The summed E-state index contributed by atoms with van der Waals surface area (Å²) >= 11 is 0. The van der Waals surface area contributed by atoms with E-state index in [1.54, 1.807) is 26.2 Å². The first kappa shape index (κ1) is 27.7. The van der Waals surface area contributed by atoms with Crippen molar-refractivity contribution in [3.05, 3.63) is 58.9 Å². The van der Waals surface area contributed by atoms with Crippen molar-refractivity contribution in [2.75, 3.05) is 45.8 Å². The van der Waals surface area contributed by atoms with E-state index < -0.39 is 12.5 Å². The number of hydrogen-bond acceptors (Lipinski definition) is 7. The predicted octanol–water partition coefficient (Wildman–Crippen LogP) is 4.56. The normalized spacial score (nSPS) is 15.5. The van der Waals surface area contributed by atoms with Crippen molar-refractivity contribution in [2.24, 2.45) is 0 Å². The lowest BCUT2D eigenvalue weighted by molar-refractivity contribution is -0.136. The highest BCUT2D eigenvalue weighted by molar-refractivity contribution is 5.91. The summed E-state index contributed by atoms with van der Waals surface area (Å²) in [6.07, 6.45) is 1.57. The zero-order chi connectivity index (χ0) is 27.4. The van der Waals surface area contributed by atoms with Crippen LogP contribution < -0.4 is 10.1 Å². The van der Waals surface area contributed by atoms with Crippen molar-refractivity contribution in [1.82, 2.24) is 14.9 Å². The monoisotopic (exact) mass is 528 g/mol. The zero-order valence-corrected chi connectivity index (χ0v) is 22.1. The van der Waals surface area contributed by atoms with Gasteiger partial charge in [0.2, 0.25) is 5.91 Å². The van der Waals surface area contributed by atoms with E-state index >= 15 is 0 Å². The summed E-state index contributed by atoms with van der Waals surface area (Å²) in [5.41, 5.74) is 2.13. The molecule has 2 heterocycles. The number of anilines is 1. The SMILES string of the molecule is COCC(=O)N1CCC(c2cc3c(N[C@H](C)c4cccc(C(F)(F)CO)c4)nc(C)nc3cc2OC)CC1. The predicted molar refractivity (Wildman–Crippen MR) is 141 cm³/mol. The number of hydrogen-bond donors (Lipinski definition) is 2. The standard InChI is InChI=1S/C28H34F2N4O4/c1-17(20-6-5-7-21(12-20)28(29,30)16-35)31-27-23-13-22(25(38-4)14-24(23)32-18(2)33-27)19-8-10-34(11-9-19)26(36)15-37-3/h5-7,12-14,17,19,35H,8-11,15-16H2,1-4H3,(H,31,32,33)/t17-/m1/s1. The van der Waals surface area contributed by atoms with Crippen LogP contribution in [-0.2, 0) is 15.5 Å². The maximum atomic E-state index is 14.1. The van der Waals surface area contributed by atoms with Crippen molar-refractivity contribution < 1.29 is 28.2 Å². The number of aliphatic hydroxyl groups excluding tert-OH is 1. The molecule has 2 N–H and O–H groups in total. The average molecular weight is 529 g/mol. The van der Waals surface area contributed by atoms with Crippen molar-refractivity contribution >= 4 is 22.6 Å². The van der Waals surface area contributed by atoms with E-state index in [2.05, 4.69) is 15.3 Å². The first-order chi connectivity index (χ1) is 18.2. The highest BCUT2D eigenvalue weighted by atomic mass is 19.3. The summed E-state index contributed by atoms with van der Waals surface area (Å²) in [7, 11) is 3.15. The maximum absolute atomic E-state index is 14.1. The number of likely N-dealkylation sites (tertiary alicyclic amines) is 1. The van der Waals surface area contributed by atoms with Gasteiger partial charge in [-0.25, -0.2) is 9.97 Å². The molecular formula is C28H34F2N4O4. The Bertz CT molecular complexity index is 1300. The molecule has 3 aromatic rings. The minimum absolute atomic E-state index is 0.0124. The Morgan fingerprint density at radius 3 is 2.61 bits per heavy atom. The molecule has 2 aromatic carbocycles. The second kappa shape index (κ2) is 11.6. The molecule has 1 aliphatic rings. The average Bonchev–Trinajstić information content (AvgIpc) is 2.92. The lowest BCUT2D eigenvalue weighted by Crippen LogP contribution is -2.39. The molecule has 1 amide bonds. The summed E-state index contributed by atoms with van der Waals surface area (Å²) in [6.45, 7) is 3.76. The molecule has 0 spiro atoms. The van der Waals surface area contributed by atoms with Crippen LogP contribution in [0.15, 0.2) is 36.4 Å². The van der Waals surface area contributed by atoms with Gasteiger partial charge in [0.15, 0.2) is 0 Å². The molecule has 1 saturated heterocycles. The minimum Gasteiger partial charge on any atom is -0.496 e. The quantitative estimate of drug-likeness (QED) is 0.420. The van der Waals surface area contributed by atoms with Crippen LogP contribution in [0.25, 0.3) is 10.9 Å². The van der Waals surface area contributed by atoms with Gasteiger partial charge in [-0.05, 0) is 55.9 Å². The molecule has 1 atom stereocenters. The number of benzene rings is 2. The Hall–Kier alpha value is -3.37. The van der Waals surface area contributed by atoms with Crippen LogP contribution in [0.1, 0.15) is 54.2 Å². The van der Waals surface area contributed by atoms with Gasteiger partial charge in [0.05, 0.1) is 12.6 Å². The van der Waals surface area contributed by atoms with Crippen molar-refractivity contribution in [1.29, 1.82) is 0 Å². The van der Waals surface area contributed by atoms with Crippen molar-refractivity contribution in [2.45, 2.75) is 44.6 Å². The third-order valence-corrected chi connectivity index (χ3v) is 7.08. The smallest absolute Gasteiger partial charge is 0.295 e. The van der Waals surface area contributed by atoms with Crippen molar-refractivity contribution in [3.63, 3.8) is 0 Å². The van der Waals surface area contributed by atoms with Crippen LogP contribution in [-0.4, -0.2) is 66.4 Å². The maximum Gasteiger partial charge on any atom is 0.295 e. The molecule has 4 rings (SSSR count). The number of aromatic nitrogens is 2.